The number of carbonyl (C=O) groups excluding carboxylic acids is 1. The zero-order valence-corrected chi connectivity index (χ0v) is 10.3. The molecule has 2 rings (SSSR count). The third kappa shape index (κ3) is 1.91. The molecule has 0 aliphatic carbocycles. The van der Waals surface area contributed by atoms with Crippen molar-refractivity contribution in [2.45, 2.75) is 4.90 Å². The molecule has 0 atom stereocenters. The monoisotopic (exact) mass is 252 g/mol. The molecule has 0 saturated heterocycles. The van der Waals surface area contributed by atoms with Gasteiger partial charge in [-0.3, -0.25) is 4.79 Å². The smallest absolute Gasteiger partial charge is 0.248 e. The Morgan fingerprint density at radius 1 is 1.35 bits per heavy atom. The van der Waals surface area contributed by atoms with Crippen LogP contribution < -0.4 is 5.73 Å². The Kier molecular flexibility index (Phi) is 2.46. The minimum atomic E-state index is -3.28. The van der Waals surface area contributed by atoms with Crippen molar-refractivity contribution >= 4 is 26.6 Å². The van der Waals surface area contributed by atoms with E-state index in [1.54, 1.807) is 23.7 Å². The number of nitrogens with two attached hydrogens (primary N) is 1. The van der Waals surface area contributed by atoms with Crippen molar-refractivity contribution in [2.75, 3.05) is 6.26 Å². The molecule has 0 aliphatic heterocycles. The van der Waals surface area contributed by atoms with Gasteiger partial charge in [0.1, 0.15) is 0 Å². The lowest BCUT2D eigenvalue weighted by Crippen LogP contribution is -2.10. The van der Waals surface area contributed by atoms with Gasteiger partial charge in [-0.15, -0.1) is 0 Å². The molecular formula is C11H12N2O3S. The number of nitrogens with zero attached hydrogens (tertiary/aromatic N) is 1. The number of amides is 1. The van der Waals surface area contributed by atoms with Gasteiger partial charge in [-0.25, -0.2) is 8.42 Å². The molecule has 0 spiro atoms. The van der Waals surface area contributed by atoms with Gasteiger partial charge in [0, 0.05) is 36.0 Å². The predicted octanol–water partition coefficient (Wildman–Crippen LogP) is 0.681. The molecule has 0 aliphatic rings. The molecule has 0 bridgehead atoms. The van der Waals surface area contributed by atoms with E-state index < -0.39 is 15.7 Å². The molecule has 6 heteroatoms. The van der Waals surface area contributed by atoms with Gasteiger partial charge in [-0.2, -0.15) is 0 Å². The molecule has 1 heterocycles. The predicted molar refractivity (Wildman–Crippen MR) is 64.5 cm³/mol. The summed E-state index contributed by atoms with van der Waals surface area (Å²) in [4.78, 5) is 11.3. The van der Waals surface area contributed by atoms with Crippen LogP contribution in [0.1, 0.15) is 10.4 Å². The zero-order chi connectivity index (χ0) is 12.8. The summed E-state index contributed by atoms with van der Waals surface area (Å²) in [7, 11) is -1.55. The average Bonchev–Trinajstić information content (AvgIpc) is 2.55. The molecule has 0 fully saturated rings. The van der Waals surface area contributed by atoms with Crippen molar-refractivity contribution < 1.29 is 13.2 Å². The maximum Gasteiger partial charge on any atom is 0.248 e. The van der Waals surface area contributed by atoms with Crippen LogP contribution in [0.15, 0.2) is 29.3 Å². The molecule has 5 nitrogen and oxygen atoms in total. The lowest BCUT2D eigenvalue weighted by atomic mass is 10.1. The van der Waals surface area contributed by atoms with E-state index >= 15 is 0 Å². The van der Waals surface area contributed by atoms with E-state index in [1.807, 2.05) is 0 Å². The van der Waals surface area contributed by atoms with E-state index in [1.165, 1.54) is 12.3 Å². The van der Waals surface area contributed by atoms with Crippen LogP contribution in [0, 0.1) is 0 Å². The summed E-state index contributed by atoms with van der Waals surface area (Å²) in [6.07, 6.45) is 2.69. The molecular weight excluding hydrogens is 240 g/mol. The molecule has 90 valence electrons. The van der Waals surface area contributed by atoms with Crippen molar-refractivity contribution in [3.05, 3.63) is 30.0 Å². The van der Waals surface area contributed by atoms with Gasteiger partial charge in [0.15, 0.2) is 9.84 Å². The number of hydrogen-bond donors (Lipinski definition) is 1. The molecule has 2 aromatic rings. The quantitative estimate of drug-likeness (QED) is 0.853. The fourth-order valence-electron chi connectivity index (χ4n) is 1.80. The number of hydrogen-bond acceptors (Lipinski definition) is 3. The van der Waals surface area contributed by atoms with E-state index in [9.17, 15) is 13.2 Å². The van der Waals surface area contributed by atoms with E-state index in [0.29, 0.717) is 16.5 Å². The average molecular weight is 252 g/mol. The van der Waals surface area contributed by atoms with Gasteiger partial charge in [-0.1, -0.05) is 6.07 Å². The first-order chi connectivity index (χ1) is 7.80. The molecule has 17 heavy (non-hydrogen) atoms. The van der Waals surface area contributed by atoms with Crippen LogP contribution >= 0.6 is 0 Å². The number of aromatic nitrogens is 1. The molecule has 1 aromatic heterocycles. The number of carbonyl (C=O) groups is 1. The van der Waals surface area contributed by atoms with Crippen molar-refractivity contribution in [2.24, 2.45) is 12.8 Å². The van der Waals surface area contributed by atoms with Gasteiger partial charge < -0.3 is 10.3 Å². The Bertz CT molecular complexity index is 714. The van der Waals surface area contributed by atoms with Crippen LogP contribution in [0.25, 0.3) is 10.9 Å². The Balaban J connectivity index is 2.83. The van der Waals surface area contributed by atoms with Crippen LogP contribution in [-0.4, -0.2) is 25.1 Å². The summed E-state index contributed by atoms with van der Waals surface area (Å²) in [5.74, 6) is -0.533. The van der Waals surface area contributed by atoms with Crippen molar-refractivity contribution in [3.8, 4) is 0 Å². The summed E-state index contributed by atoms with van der Waals surface area (Å²) in [6, 6.07) is 4.72. The number of primary amides is 1. The van der Waals surface area contributed by atoms with Crippen LogP contribution in [0.4, 0.5) is 0 Å². The summed E-state index contributed by atoms with van der Waals surface area (Å²) < 4.78 is 24.8. The molecule has 1 aromatic carbocycles. The maximum atomic E-state index is 11.6. The van der Waals surface area contributed by atoms with E-state index in [4.69, 9.17) is 5.73 Å². The number of fused-ring (bicyclic) bond motifs is 1. The standard InChI is InChI=1S/C11H12N2O3S/c1-13-6-10(17(2,15)16)8-4-3-7(11(12)14)5-9(8)13/h3-6H,1-2H3,(H2,12,14). The third-order valence-electron chi connectivity index (χ3n) is 2.64. The van der Waals surface area contributed by atoms with Crippen LogP contribution in [-0.2, 0) is 16.9 Å². The first kappa shape index (κ1) is 11.7. The highest BCUT2D eigenvalue weighted by atomic mass is 32.2. The highest BCUT2D eigenvalue weighted by Crippen LogP contribution is 2.25. The fraction of sp³-hybridized carbons (Fsp3) is 0.182. The Morgan fingerprint density at radius 2 is 2.00 bits per heavy atom. The minimum Gasteiger partial charge on any atom is -0.366 e. The Hall–Kier alpha value is -1.82. The van der Waals surface area contributed by atoms with Gasteiger partial charge in [0.25, 0.3) is 0 Å². The second kappa shape index (κ2) is 3.59. The van der Waals surface area contributed by atoms with Crippen molar-refractivity contribution in [1.29, 1.82) is 0 Å². The van der Waals surface area contributed by atoms with Gasteiger partial charge in [-0.05, 0) is 12.1 Å². The van der Waals surface area contributed by atoms with Gasteiger partial charge >= 0.3 is 0 Å². The Morgan fingerprint density at radius 3 is 2.53 bits per heavy atom. The number of sulfone groups is 1. The molecule has 0 unspecified atom stereocenters. The number of rotatable bonds is 2. The van der Waals surface area contributed by atoms with E-state index in [2.05, 4.69) is 0 Å². The van der Waals surface area contributed by atoms with Crippen LogP contribution in [0.3, 0.4) is 0 Å². The lowest BCUT2D eigenvalue weighted by molar-refractivity contribution is 0.100. The number of benzene rings is 1. The molecule has 0 saturated carbocycles. The van der Waals surface area contributed by atoms with Crippen molar-refractivity contribution in [1.82, 2.24) is 4.57 Å². The summed E-state index contributed by atoms with van der Waals surface area (Å²) in [5.41, 5.74) is 6.21. The van der Waals surface area contributed by atoms with Gasteiger partial charge in [0.05, 0.1) is 4.90 Å². The minimum absolute atomic E-state index is 0.256. The SMILES string of the molecule is Cn1cc(S(C)(=O)=O)c2ccc(C(N)=O)cc21. The fourth-order valence-corrected chi connectivity index (χ4v) is 2.72. The molecule has 0 radical (unpaired) electrons. The maximum absolute atomic E-state index is 11.6. The Labute approximate surface area is 98.8 Å². The second-order valence-corrected chi connectivity index (χ2v) is 5.96. The summed E-state index contributed by atoms with van der Waals surface area (Å²) >= 11 is 0. The normalized spacial score (nSPS) is 11.9. The molecule has 1 amide bonds. The zero-order valence-electron chi connectivity index (χ0n) is 9.47. The summed E-state index contributed by atoms with van der Waals surface area (Å²) in [5, 5.41) is 0.597. The van der Waals surface area contributed by atoms with Crippen LogP contribution in [0.5, 0.6) is 0 Å². The lowest BCUT2D eigenvalue weighted by Gasteiger charge is -1.99. The van der Waals surface area contributed by atoms with Gasteiger partial charge in [0.2, 0.25) is 5.91 Å². The highest BCUT2D eigenvalue weighted by Gasteiger charge is 2.16. The first-order valence-electron chi connectivity index (χ1n) is 4.89. The second-order valence-electron chi connectivity index (χ2n) is 3.97. The van der Waals surface area contributed by atoms with E-state index in [0.717, 1.165) is 6.26 Å². The van der Waals surface area contributed by atoms with E-state index in [-0.39, 0.29) is 4.90 Å². The van der Waals surface area contributed by atoms with Crippen molar-refractivity contribution in [3.63, 3.8) is 0 Å². The molecule has 2 N–H and O–H groups in total. The largest absolute Gasteiger partial charge is 0.366 e. The highest BCUT2D eigenvalue weighted by molar-refractivity contribution is 7.91. The summed E-state index contributed by atoms with van der Waals surface area (Å²) in [6.45, 7) is 0. The first-order valence-corrected chi connectivity index (χ1v) is 6.79. The van der Waals surface area contributed by atoms with Crippen LogP contribution in [0.2, 0.25) is 0 Å². The topological polar surface area (TPSA) is 82.2 Å². The number of aryl methyl sites for hydroxylation is 1. The third-order valence-corrected chi connectivity index (χ3v) is 3.76.